The fourth-order valence-corrected chi connectivity index (χ4v) is 4.06. The highest BCUT2D eigenvalue weighted by atomic mass is 16.2. The summed E-state index contributed by atoms with van der Waals surface area (Å²) in [5.41, 5.74) is 1.20. The van der Waals surface area contributed by atoms with Crippen molar-refractivity contribution in [3.05, 3.63) is 18.0 Å². The Morgan fingerprint density at radius 3 is 2.69 bits per heavy atom. The maximum absolute atomic E-state index is 12.8. The van der Waals surface area contributed by atoms with Crippen LogP contribution in [0, 0.1) is 11.8 Å². The Balaban J connectivity index is 1.45. The van der Waals surface area contributed by atoms with E-state index in [0.717, 1.165) is 45.3 Å². The van der Waals surface area contributed by atoms with Crippen LogP contribution in [0.25, 0.3) is 0 Å². The molecule has 3 heterocycles. The molecule has 7 nitrogen and oxygen atoms in total. The quantitative estimate of drug-likeness (QED) is 0.808. The van der Waals surface area contributed by atoms with Crippen molar-refractivity contribution in [1.82, 2.24) is 24.9 Å². The van der Waals surface area contributed by atoms with Crippen LogP contribution in [-0.4, -0.2) is 71.2 Å². The SMILES string of the molecule is CN(CCCc1cnn(C)c1)C(=O)[C@@H]1CNC[C@H](C(=O)N2CCCC2)C1. The van der Waals surface area contributed by atoms with Gasteiger partial charge in [-0.1, -0.05) is 0 Å². The first-order valence-electron chi connectivity index (χ1n) is 9.76. The van der Waals surface area contributed by atoms with E-state index in [9.17, 15) is 9.59 Å². The van der Waals surface area contributed by atoms with Crippen molar-refractivity contribution >= 4 is 11.8 Å². The Hall–Kier alpha value is -1.89. The maximum Gasteiger partial charge on any atom is 0.226 e. The van der Waals surface area contributed by atoms with Crippen LogP contribution in [0.1, 0.15) is 31.2 Å². The van der Waals surface area contributed by atoms with Crippen molar-refractivity contribution in [2.24, 2.45) is 18.9 Å². The molecule has 2 amide bonds. The minimum atomic E-state index is -0.0938. The summed E-state index contributed by atoms with van der Waals surface area (Å²) in [6.07, 6.45) is 8.62. The predicted octanol–water partition coefficient (Wildman–Crippen LogP) is 0.659. The highest BCUT2D eigenvalue weighted by Crippen LogP contribution is 2.22. The van der Waals surface area contributed by atoms with E-state index in [-0.39, 0.29) is 23.7 Å². The van der Waals surface area contributed by atoms with E-state index in [1.807, 2.05) is 36.3 Å². The first kappa shape index (κ1) is 18.9. The number of aryl methyl sites for hydroxylation is 2. The van der Waals surface area contributed by atoms with Crippen molar-refractivity contribution in [1.29, 1.82) is 0 Å². The van der Waals surface area contributed by atoms with Gasteiger partial charge < -0.3 is 15.1 Å². The molecule has 1 aromatic heterocycles. The molecule has 26 heavy (non-hydrogen) atoms. The van der Waals surface area contributed by atoms with E-state index in [1.165, 1.54) is 5.56 Å². The molecular weight excluding hydrogens is 330 g/mol. The number of amides is 2. The van der Waals surface area contributed by atoms with Gasteiger partial charge in [0.1, 0.15) is 0 Å². The fraction of sp³-hybridized carbons (Fsp3) is 0.737. The molecule has 0 aliphatic carbocycles. The third-order valence-electron chi connectivity index (χ3n) is 5.56. The zero-order chi connectivity index (χ0) is 18.5. The standard InChI is InChI=1S/C19H31N5O2/c1-22(7-5-6-15-11-21-23(2)14-15)18(25)16-10-17(13-20-12-16)19(26)24-8-3-4-9-24/h11,14,16-17,20H,3-10,12-13H2,1-2H3/t16-,17+/m0/s1. The third kappa shape index (κ3) is 4.63. The molecule has 2 atom stereocenters. The molecule has 0 spiro atoms. The van der Waals surface area contributed by atoms with Crippen LogP contribution in [0.4, 0.5) is 0 Å². The van der Waals surface area contributed by atoms with Gasteiger partial charge in [0, 0.05) is 53.0 Å². The molecule has 0 unspecified atom stereocenters. The number of carbonyl (C=O) groups excluding carboxylic acids is 2. The van der Waals surface area contributed by atoms with E-state index in [2.05, 4.69) is 10.4 Å². The number of aromatic nitrogens is 2. The lowest BCUT2D eigenvalue weighted by atomic mass is 9.88. The van der Waals surface area contributed by atoms with E-state index in [4.69, 9.17) is 0 Å². The Kier molecular flexibility index (Phi) is 6.29. The van der Waals surface area contributed by atoms with Crippen molar-refractivity contribution in [3.63, 3.8) is 0 Å². The predicted molar refractivity (Wildman–Crippen MR) is 99.4 cm³/mol. The molecule has 2 aliphatic heterocycles. The molecule has 3 rings (SSSR count). The second-order valence-corrected chi connectivity index (χ2v) is 7.71. The van der Waals surface area contributed by atoms with Gasteiger partial charge >= 0.3 is 0 Å². The Bertz CT molecular complexity index is 623. The molecule has 0 saturated carbocycles. The monoisotopic (exact) mass is 361 g/mol. The van der Waals surface area contributed by atoms with E-state index >= 15 is 0 Å². The van der Waals surface area contributed by atoms with E-state index in [1.54, 1.807) is 4.68 Å². The molecule has 0 bridgehead atoms. The van der Waals surface area contributed by atoms with Crippen LogP contribution in [0.3, 0.4) is 0 Å². The highest BCUT2D eigenvalue weighted by molar-refractivity contribution is 5.83. The lowest BCUT2D eigenvalue weighted by Gasteiger charge is -2.33. The molecule has 2 saturated heterocycles. The number of piperidine rings is 1. The number of hydrogen-bond donors (Lipinski definition) is 1. The lowest BCUT2D eigenvalue weighted by molar-refractivity contribution is -0.139. The minimum absolute atomic E-state index is 0.0559. The van der Waals surface area contributed by atoms with Crippen molar-refractivity contribution < 1.29 is 9.59 Å². The average Bonchev–Trinajstić information content (AvgIpc) is 3.32. The van der Waals surface area contributed by atoms with E-state index in [0.29, 0.717) is 19.5 Å². The Labute approximate surface area is 155 Å². The summed E-state index contributed by atoms with van der Waals surface area (Å²) < 4.78 is 1.80. The van der Waals surface area contributed by atoms with Gasteiger partial charge in [-0.3, -0.25) is 14.3 Å². The Morgan fingerprint density at radius 1 is 1.27 bits per heavy atom. The molecule has 2 aliphatic rings. The van der Waals surface area contributed by atoms with Gasteiger partial charge in [0.15, 0.2) is 0 Å². The van der Waals surface area contributed by atoms with Crippen molar-refractivity contribution in [2.75, 3.05) is 39.8 Å². The van der Waals surface area contributed by atoms with Gasteiger partial charge in [0.05, 0.1) is 18.0 Å². The van der Waals surface area contributed by atoms with Crippen molar-refractivity contribution in [3.8, 4) is 0 Å². The molecule has 144 valence electrons. The lowest BCUT2D eigenvalue weighted by Crippen LogP contribution is -2.49. The summed E-state index contributed by atoms with van der Waals surface area (Å²) in [4.78, 5) is 29.2. The van der Waals surface area contributed by atoms with Gasteiger partial charge in [0.2, 0.25) is 11.8 Å². The normalized spacial score (nSPS) is 23.2. The third-order valence-corrected chi connectivity index (χ3v) is 5.56. The van der Waals surface area contributed by atoms with Gasteiger partial charge in [-0.15, -0.1) is 0 Å². The summed E-state index contributed by atoms with van der Waals surface area (Å²) in [5.74, 6) is 0.234. The molecule has 2 fully saturated rings. The van der Waals surface area contributed by atoms with Crippen LogP contribution < -0.4 is 5.32 Å². The zero-order valence-corrected chi connectivity index (χ0v) is 16.0. The van der Waals surface area contributed by atoms with Crippen LogP contribution >= 0.6 is 0 Å². The maximum atomic E-state index is 12.8. The first-order valence-corrected chi connectivity index (χ1v) is 9.76. The molecule has 7 heteroatoms. The minimum Gasteiger partial charge on any atom is -0.345 e. The summed E-state index contributed by atoms with van der Waals surface area (Å²) in [6.45, 7) is 3.86. The second-order valence-electron chi connectivity index (χ2n) is 7.71. The molecule has 0 aromatic carbocycles. The number of likely N-dealkylation sites (tertiary alicyclic amines) is 1. The summed E-state index contributed by atoms with van der Waals surface area (Å²) in [7, 11) is 3.78. The fourth-order valence-electron chi connectivity index (χ4n) is 4.06. The zero-order valence-electron chi connectivity index (χ0n) is 16.0. The molecular formula is C19H31N5O2. The largest absolute Gasteiger partial charge is 0.345 e. The smallest absolute Gasteiger partial charge is 0.226 e. The van der Waals surface area contributed by atoms with E-state index < -0.39 is 0 Å². The molecule has 1 aromatic rings. The molecule has 1 N–H and O–H groups in total. The number of nitrogens with one attached hydrogen (secondary N) is 1. The summed E-state index contributed by atoms with van der Waals surface area (Å²) in [5, 5.41) is 7.48. The van der Waals surface area contributed by atoms with Crippen molar-refractivity contribution in [2.45, 2.75) is 32.1 Å². The first-order chi connectivity index (χ1) is 12.5. The van der Waals surface area contributed by atoms with Crippen LogP contribution in [0.15, 0.2) is 12.4 Å². The number of nitrogens with zero attached hydrogens (tertiary/aromatic N) is 4. The van der Waals surface area contributed by atoms with Crippen LogP contribution in [0.2, 0.25) is 0 Å². The van der Waals surface area contributed by atoms with Gasteiger partial charge in [-0.2, -0.15) is 5.10 Å². The Morgan fingerprint density at radius 2 is 2.00 bits per heavy atom. The topological polar surface area (TPSA) is 70.5 Å². The van der Waals surface area contributed by atoms with Gasteiger partial charge in [-0.25, -0.2) is 0 Å². The summed E-state index contributed by atoms with van der Waals surface area (Å²) >= 11 is 0. The number of rotatable bonds is 6. The highest BCUT2D eigenvalue weighted by Gasteiger charge is 2.34. The second kappa shape index (κ2) is 8.66. The number of carbonyl (C=O) groups is 2. The average molecular weight is 361 g/mol. The summed E-state index contributed by atoms with van der Waals surface area (Å²) in [6, 6.07) is 0. The van der Waals surface area contributed by atoms with Crippen LogP contribution in [0.5, 0.6) is 0 Å². The van der Waals surface area contributed by atoms with Gasteiger partial charge in [0.25, 0.3) is 0 Å². The van der Waals surface area contributed by atoms with Crippen LogP contribution in [-0.2, 0) is 23.1 Å². The molecule has 0 radical (unpaired) electrons. The number of hydrogen-bond acceptors (Lipinski definition) is 4. The van der Waals surface area contributed by atoms with Gasteiger partial charge in [-0.05, 0) is 37.7 Å².